The smallest absolute Gasteiger partial charge is 0.234 e. The Kier molecular flexibility index (Phi) is 1.68. The van der Waals surface area contributed by atoms with Gasteiger partial charge in [-0.15, -0.1) is 0 Å². The van der Waals surface area contributed by atoms with Gasteiger partial charge in [-0.3, -0.25) is 4.79 Å². The molecule has 0 aliphatic carbocycles. The minimum absolute atomic E-state index is 0.0683. The first kappa shape index (κ1) is 9.19. The average molecular weight is 193 g/mol. The van der Waals surface area contributed by atoms with Crippen molar-refractivity contribution in [2.24, 2.45) is 0 Å². The SMILES string of the molecule is Cc1cc(F)cc2c1NC(=O)C2(C)C. The number of anilines is 1. The summed E-state index contributed by atoms with van der Waals surface area (Å²) in [5.74, 6) is -0.355. The van der Waals surface area contributed by atoms with Crippen LogP contribution >= 0.6 is 0 Å². The minimum atomic E-state index is -0.623. The normalized spacial score (nSPS) is 17.9. The Morgan fingerprint density at radius 1 is 1.36 bits per heavy atom. The standard InChI is InChI=1S/C11H12FNO/c1-6-4-7(12)5-8-9(6)13-10(14)11(8,2)3/h4-5H,1-3H3,(H,13,14). The summed E-state index contributed by atoms with van der Waals surface area (Å²) >= 11 is 0. The molecule has 0 aromatic heterocycles. The number of amides is 1. The maximum atomic E-state index is 13.2. The van der Waals surface area contributed by atoms with Crippen LogP contribution in [-0.2, 0) is 10.2 Å². The van der Waals surface area contributed by atoms with E-state index in [2.05, 4.69) is 5.32 Å². The van der Waals surface area contributed by atoms with Gasteiger partial charge in [-0.1, -0.05) is 0 Å². The average Bonchev–Trinajstić information content (AvgIpc) is 2.28. The molecule has 0 spiro atoms. The van der Waals surface area contributed by atoms with Crippen molar-refractivity contribution in [1.82, 2.24) is 0 Å². The third-order valence-electron chi connectivity index (χ3n) is 2.78. The second-order valence-electron chi connectivity index (χ2n) is 4.22. The summed E-state index contributed by atoms with van der Waals surface area (Å²) in [4.78, 5) is 11.6. The summed E-state index contributed by atoms with van der Waals surface area (Å²) in [6, 6.07) is 2.86. The molecular weight excluding hydrogens is 181 g/mol. The van der Waals surface area contributed by atoms with Gasteiger partial charge in [-0.05, 0) is 44.0 Å². The van der Waals surface area contributed by atoms with Crippen molar-refractivity contribution in [2.75, 3.05) is 5.32 Å². The van der Waals surface area contributed by atoms with Gasteiger partial charge in [0.25, 0.3) is 0 Å². The maximum Gasteiger partial charge on any atom is 0.234 e. The van der Waals surface area contributed by atoms with Crippen LogP contribution < -0.4 is 5.32 Å². The number of carbonyl (C=O) groups excluding carboxylic acids is 1. The lowest BCUT2D eigenvalue weighted by Gasteiger charge is -2.15. The number of halogens is 1. The van der Waals surface area contributed by atoms with Crippen molar-refractivity contribution < 1.29 is 9.18 Å². The molecule has 1 N–H and O–H groups in total. The molecule has 1 amide bonds. The number of nitrogens with one attached hydrogen (secondary N) is 1. The van der Waals surface area contributed by atoms with Crippen LogP contribution in [0.15, 0.2) is 12.1 Å². The van der Waals surface area contributed by atoms with E-state index >= 15 is 0 Å². The number of rotatable bonds is 0. The van der Waals surface area contributed by atoms with E-state index in [9.17, 15) is 9.18 Å². The summed E-state index contributed by atoms with van der Waals surface area (Å²) < 4.78 is 13.2. The Labute approximate surface area is 82.1 Å². The van der Waals surface area contributed by atoms with E-state index in [0.717, 1.165) is 16.8 Å². The molecule has 0 saturated heterocycles. The Balaban J connectivity index is 2.71. The minimum Gasteiger partial charge on any atom is -0.325 e. The molecular formula is C11H12FNO. The molecule has 1 aliphatic rings. The van der Waals surface area contributed by atoms with Gasteiger partial charge >= 0.3 is 0 Å². The van der Waals surface area contributed by atoms with E-state index in [1.807, 2.05) is 0 Å². The Morgan fingerprint density at radius 2 is 2.00 bits per heavy atom. The van der Waals surface area contributed by atoms with Crippen LogP contribution in [0.3, 0.4) is 0 Å². The highest BCUT2D eigenvalue weighted by molar-refractivity contribution is 6.06. The monoisotopic (exact) mass is 193 g/mol. The molecule has 14 heavy (non-hydrogen) atoms. The maximum absolute atomic E-state index is 13.2. The van der Waals surface area contributed by atoms with E-state index in [0.29, 0.717) is 0 Å². The summed E-state index contributed by atoms with van der Waals surface area (Å²) in [5.41, 5.74) is 1.67. The van der Waals surface area contributed by atoms with E-state index < -0.39 is 5.41 Å². The van der Waals surface area contributed by atoms with Crippen LogP contribution in [0.4, 0.5) is 10.1 Å². The molecule has 2 nitrogen and oxygen atoms in total. The van der Waals surface area contributed by atoms with Crippen molar-refractivity contribution in [3.05, 3.63) is 29.1 Å². The summed E-state index contributed by atoms with van der Waals surface area (Å²) in [5, 5.41) is 2.78. The van der Waals surface area contributed by atoms with Gasteiger partial charge in [0.1, 0.15) is 5.82 Å². The number of hydrogen-bond acceptors (Lipinski definition) is 1. The number of hydrogen-bond donors (Lipinski definition) is 1. The topological polar surface area (TPSA) is 29.1 Å². The summed E-state index contributed by atoms with van der Waals surface area (Å²) in [7, 11) is 0. The van der Waals surface area contributed by atoms with Gasteiger partial charge < -0.3 is 5.32 Å². The first-order chi connectivity index (χ1) is 6.43. The molecule has 74 valence electrons. The lowest BCUT2D eigenvalue weighted by Crippen LogP contribution is -2.26. The zero-order valence-electron chi connectivity index (χ0n) is 8.44. The molecule has 0 saturated carbocycles. The van der Waals surface area contributed by atoms with Crippen molar-refractivity contribution >= 4 is 11.6 Å². The van der Waals surface area contributed by atoms with Gasteiger partial charge in [0, 0.05) is 5.69 Å². The quantitative estimate of drug-likeness (QED) is 0.673. The molecule has 1 aromatic carbocycles. The molecule has 1 aliphatic heterocycles. The molecule has 2 rings (SSSR count). The highest BCUT2D eigenvalue weighted by Crippen LogP contribution is 2.39. The van der Waals surface area contributed by atoms with Crippen molar-refractivity contribution in [3.63, 3.8) is 0 Å². The van der Waals surface area contributed by atoms with Crippen molar-refractivity contribution in [3.8, 4) is 0 Å². The van der Waals surface area contributed by atoms with Gasteiger partial charge in [0.15, 0.2) is 0 Å². The fraction of sp³-hybridized carbons (Fsp3) is 0.364. The molecule has 0 radical (unpaired) electrons. The molecule has 1 aromatic rings. The van der Waals surface area contributed by atoms with Crippen LogP contribution in [0, 0.1) is 12.7 Å². The second-order valence-corrected chi connectivity index (χ2v) is 4.22. The molecule has 0 atom stereocenters. The van der Waals surface area contributed by atoms with Gasteiger partial charge in [0.05, 0.1) is 5.41 Å². The number of fused-ring (bicyclic) bond motifs is 1. The largest absolute Gasteiger partial charge is 0.325 e. The second kappa shape index (κ2) is 2.56. The lowest BCUT2D eigenvalue weighted by molar-refractivity contribution is -0.119. The zero-order valence-corrected chi connectivity index (χ0v) is 8.44. The van der Waals surface area contributed by atoms with E-state index in [1.165, 1.54) is 12.1 Å². The summed E-state index contributed by atoms with van der Waals surface area (Å²) in [6.07, 6.45) is 0. The van der Waals surface area contributed by atoms with Crippen LogP contribution in [0.5, 0.6) is 0 Å². The van der Waals surface area contributed by atoms with Crippen molar-refractivity contribution in [2.45, 2.75) is 26.2 Å². The first-order valence-electron chi connectivity index (χ1n) is 4.55. The number of benzene rings is 1. The van der Waals surface area contributed by atoms with Gasteiger partial charge in [0.2, 0.25) is 5.91 Å². The first-order valence-corrected chi connectivity index (χ1v) is 4.55. The predicted molar refractivity (Wildman–Crippen MR) is 52.8 cm³/mol. The van der Waals surface area contributed by atoms with Crippen LogP contribution in [0.2, 0.25) is 0 Å². The molecule has 1 heterocycles. The van der Waals surface area contributed by atoms with Gasteiger partial charge in [-0.25, -0.2) is 4.39 Å². The molecule has 0 fully saturated rings. The fourth-order valence-electron chi connectivity index (χ4n) is 1.79. The highest BCUT2D eigenvalue weighted by Gasteiger charge is 2.39. The van der Waals surface area contributed by atoms with Crippen molar-refractivity contribution in [1.29, 1.82) is 0 Å². The third-order valence-corrected chi connectivity index (χ3v) is 2.78. The Bertz CT molecular complexity index is 424. The Hall–Kier alpha value is -1.38. The van der Waals surface area contributed by atoms with Crippen LogP contribution in [0.1, 0.15) is 25.0 Å². The third kappa shape index (κ3) is 1.05. The van der Waals surface area contributed by atoms with Gasteiger partial charge in [-0.2, -0.15) is 0 Å². The van der Waals surface area contributed by atoms with Crippen LogP contribution in [0.25, 0.3) is 0 Å². The number of carbonyl (C=O) groups is 1. The van der Waals surface area contributed by atoms with E-state index in [1.54, 1.807) is 20.8 Å². The predicted octanol–water partition coefficient (Wildman–Crippen LogP) is 2.36. The van der Waals surface area contributed by atoms with E-state index in [4.69, 9.17) is 0 Å². The lowest BCUT2D eigenvalue weighted by atomic mass is 9.85. The van der Waals surface area contributed by atoms with E-state index in [-0.39, 0.29) is 11.7 Å². The van der Waals surface area contributed by atoms with Crippen LogP contribution in [-0.4, -0.2) is 5.91 Å². The Morgan fingerprint density at radius 3 is 2.64 bits per heavy atom. The zero-order chi connectivity index (χ0) is 10.5. The fourth-order valence-corrected chi connectivity index (χ4v) is 1.79. The highest BCUT2D eigenvalue weighted by atomic mass is 19.1. The molecule has 3 heteroatoms. The number of aryl methyl sites for hydroxylation is 1. The molecule has 0 unspecified atom stereocenters. The summed E-state index contributed by atoms with van der Waals surface area (Å²) in [6.45, 7) is 5.39. The molecule has 0 bridgehead atoms.